The Hall–Kier alpha value is -3.36. The number of esters is 1. The zero-order chi connectivity index (χ0) is 18.5. The second kappa shape index (κ2) is 7.68. The third-order valence-corrected chi connectivity index (χ3v) is 3.56. The van der Waals surface area contributed by atoms with E-state index < -0.39 is 17.4 Å². The van der Waals surface area contributed by atoms with Gasteiger partial charge < -0.3 is 19.5 Å². The van der Waals surface area contributed by atoms with E-state index in [1.165, 1.54) is 6.07 Å². The summed E-state index contributed by atoms with van der Waals surface area (Å²) in [6, 6.07) is 8.17. The molecular formula is C17H17N3O6. The Morgan fingerprint density at radius 1 is 1.23 bits per heavy atom. The number of nitrogens with one attached hydrogen (secondary N) is 1. The Morgan fingerprint density at radius 2 is 2.04 bits per heavy atom. The highest BCUT2D eigenvalue weighted by Gasteiger charge is 2.15. The first kappa shape index (κ1) is 17.5. The number of benzene rings is 1. The number of ether oxygens (including phenoxy) is 3. The van der Waals surface area contributed by atoms with Gasteiger partial charge in [-0.1, -0.05) is 0 Å². The molecule has 1 aromatic heterocycles. The van der Waals surface area contributed by atoms with Gasteiger partial charge in [0, 0.05) is 11.6 Å². The molecule has 0 radical (unpaired) electrons. The van der Waals surface area contributed by atoms with E-state index in [9.17, 15) is 14.4 Å². The number of aromatic nitrogens is 2. The fourth-order valence-electron chi connectivity index (χ4n) is 2.35. The minimum absolute atomic E-state index is 0.159. The van der Waals surface area contributed by atoms with Crippen molar-refractivity contribution in [3.63, 3.8) is 0 Å². The molecule has 1 aromatic carbocycles. The van der Waals surface area contributed by atoms with Crippen LogP contribution in [0, 0.1) is 0 Å². The number of carbonyl (C=O) groups is 2. The van der Waals surface area contributed by atoms with Crippen LogP contribution in [0.25, 0.3) is 11.3 Å². The average Bonchev–Trinajstić information content (AvgIpc) is 3.10. The molecule has 0 atom stereocenters. The van der Waals surface area contributed by atoms with Crippen molar-refractivity contribution in [3.05, 3.63) is 40.7 Å². The van der Waals surface area contributed by atoms with E-state index in [1.807, 2.05) is 0 Å². The molecule has 1 N–H and O–H groups in total. The average molecular weight is 359 g/mol. The van der Waals surface area contributed by atoms with Gasteiger partial charge in [0.25, 0.3) is 5.56 Å². The number of hydrogen-bond acceptors (Lipinski definition) is 7. The predicted molar refractivity (Wildman–Crippen MR) is 89.7 cm³/mol. The standard InChI is InChI=1S/C17H17N3O6/c1-2-24-17(23)8-18-15(21)9-20-16(22)6-4-12(19-20)11-3-5-13-14(7-11)26-10-25-13/h3-7H,2,8-10H2,1H3,(H,18,21). The molecule has 0 bridgehead atoms. The molecule has 0 spiro atoms. The maximum absolute atomic E-state index is 12.0. The number of rotatable bonds is 6. The van der Waals surface area contributed by atoms with E-state index in [1.54, 1.807) is 31.2 Å². The van der Waals surface area contributed by atoms with E-state index in [-0.39, 0.29) is 26.5 Å². The minimum Gasteiger partial charge on any atom is -0.465 e. The van der Waals surface area contributed by atoms with Crippen molar-refractivity contribution in [3.8, 4) is 22.8 Å². The van der Waals surface area contributed by atoms with Crippen LogP contribution in [-0.2, 0) is 20.9 Å². The summed E-state index contributed by atoms with van der Waals surface area (Å²) < 4.78 is 16.3. The van der Waals surface area contributed by atoms with Crippen molar-refractivity contribution >= 4 is 11.9 Å². The zero-order valence-electron chi connectivity index (χ0n) is 14.1. The van der Waals surface area contributed by atoms with E-state index in [0.717, 1.165) is 10.2 Å². The lowest BCUT2D eigenvalue weighted by Gasteiger charge is -2.08. The van der Waals surface area contributed by atoms with Gasteiger partial charge in [0.1, 0.15) is 13.1 Å². The number of nitrogens with zero attached hydrogens (tertiary/aromatic N) is 2. The normalized spacial score (nSPS) is 11.9. The molecule has 2 heterocycles. The topological polar surface area (TPSA) is 109 Å². The highest BCUT2D eigenvalue weighted by molar-refractivity contribution is 5.81. The SMILES string of the molecule is CCOC(=O)CNC(=O)Cn1nc(-c2ccc3c(c2)OCO3)ccc1=O. The van der Waals surface area contributed by atoms with Crippen LogP contribution in [0.2, 0.25) is 0 Å². The largest absolute Gasteiger partial charge is 0.465 e. The summed E-state index contributed by atoms with van der Waals surface area (Å²) >= 11 is 0. The third-order valence-electron chi connectivity index (χ3n) is 3.56. The van der Waals surface area contributed by atoms with Crippen LogP contribution in [0.3, 0.4) is 0 Å². The summed E-state index contributed by atoms with van der Waals surface area (Å²) in [7, 11) is 0. The van der Waals surface area contributed by atoms with Gasteiger partial charge >= 0.3 is 5.97 Å². The second-order valence-corrected chi connectivity index (χ2v) is 5.36. The molecule has 9 heteroatoms. The molecule has 9 nitrogen and oxygen atoms in total. The van der Waals surface area contributed by atoms with E-state index >= 15 is 0 Å². The van der Waals surface area contributed by atoms with Crippen molar-refractivity contribution in [2.24, 2.45) is 0 Å². The van der Waals surface area contributed by atoms with Crippen LogP contribution < -0.4 is 20.3 Å². The summed E-state index contributed by atoms with van der Waals surface area (Å²) in [4.78, 5) is 35.1. The number of amides is 1. The van der Waals surface area contributed by atoms with Crippen molar-refractivity contribution in [2.75, 3.05) is 19.9 Å². The van der Waals surface area contributed by atoms with Crippen LogP contribution in [0.5, 0.6) is 11.5 Å². The fourth-order valence-corrected chi connectivity index (χ4v) is 2.35. The molecule has 26 heavy (non-hydrogen) atoms. The number of fused-ring (bicyclic) bond motifs is 1. The highest BCUT2D eigenvalue weighted by atomic mass is 16.7. The van der Waals surface area contributed by atoms with Gasteiger partial charge in [-0.05, 0) is 31.2 Å². The number of carbonyl (C=O) groups excluding carboxylic acids is 2. The molecule has 1 aliphatic heterocycles. The molecule has 0 aliphatic carbocycles. The van der Waals surface area contributed by atoms with Gasteiger partial charge in [-0.25, -0.2) is 4.68 Å². The summed E-state index contributed by atoms with van der Waals surface area (Å²) in [6.45, 7) is 1.49. The molecule has 0 fully saturated rings. The molecule has 1 amide bonds. The van der Waals surface area contributed by atoms with Gasteiger partial charge in [0.15, 0.2) is 11.5 Å². The van der Waals surface area contributed by atoms with Crippen molar-refractivity contribution in [2.45, 2.75) is 13.5 Å². The molecule has 2 aromatic rings. The lowest BCUT2D eigenvalue weighted by molar-refractivity contribution is -0.143. The quantitative estimate of drug-likeness (QED) is 0.740. The fraction of sp³-hybridized carbons (Fsp3) is 0.294. The first-order valence-electron chi connectivity index (χ1n) is 7.97. The van der Waals surface area contributed by atoms with Crippen molar-refractivity contribution in [1.29, 1.82) is 0 Å². The van der Waals surface area contributed by atoms with E-state index in [0.29, 0.717) is 17.2 Å². The van der Waals surface area contributed by atoms with Crippen LogP contribution in [0.4, 0.5) is 0 Å². The zero-order valence-corrected chi connectivity index (χ0v) is 14.1. The molecule has 0 saturated heterocycles. The summed E-state index contributed by atoms with van der Waals surface area (Å²) in [5.41, 5.74) is 0.789. The first-order chi connectivity index (χ1) is 12.6. The van der Waals surface area contributed by atoms with Gasteiger partial charge in [0.05, 0.1) is 12.3 Å². The molecule has 1 aliphatic rings. The minimum atomic E-state index is -0.546. The maximum atomic E-state index is 12.0. The Balaban J connectivity index is 1.73. The Kier molecular flexibility index (Phi) is 5.16. The lowest BCUT2D eigenvalue weighted by atomic mass is 10.1. The Morgan fingerprint density at radius 3 is 2.85 bits per heavy atom. The maximum Gasteiger partial charge on any atom is 0.325 e. The Labute approximate surface area is 148 Å². The third kappa shape index (κ3) is 4.00. The van der Waals surface area contributed by atoms with Crippen molar-refractivity contribution < 1.29 is 23.8 Å². The summed E-state index contributed by atoms with van der Waals surface area (Å²) in [5.74, 6) is 0.167. The van der Waals surface area contributed by atoms with E-state index in [2.05, 4.69) is 10.4 Å². The Bertz CT molecular complexity index is 892. The molecule has 0 saturated carbocycles. The summed E-state index contributed by atoms with van der Waals surface area (Å²) in [5, 5.41) is 6.59. The molecule has 136 valence electrons. The van der Waals surface area contributed by atoms with Crippen LogP contribution in [-0.4, -0.2) is 41.6 Å². The smallest absolute Gasteiger partial charge is 0.325 e. The highest BCUT2D eigenvalue weighted by Crippen LogP contribution is 2.35. The van der Waals surface area contributed by atoms with Crippen molar-refractivity contribution in [1.82, 2.24) is 15.1 Å². The molecular weight excluding hydrogens is 342 g/mol. The van der Waals surface area contributed by atoms with Crippen LogP contribution in [0.15, 0.2) is 35.1 Å². The summed E-state index contributed by atoms with van der Waals surface area (Å²) in [6.07, 6.45) is 0. The second-order valence-electron chi connectivity index (χ2n) is 5.36. The van der Waals surface area contributed by atoms with E-state index in [4.69, 9.17) is 14.2 Å². The van der Waals surface area contributed by atoms with Crippen LogP contribution >= 0.6 is 0 Å². The van der Waals surface area contributed by atoms with Crippen LogP contribution in [0.1, 0.15) is 6.92 Å². The first-order valence-corrected chi connectivity index (χ1v) is 7.97. The number of hydrogen-bond donors (Lipinski definition) is 1. The lowest BCUT2D eigenvalue weighted by Crippen LogP contribution is -2.36. The monoisotopic (exact) mass is 359 g/mol. The van der Waals surface area contributed by atoms with Gasteiger partial charge in [-0.15, -0.1) is 0 Å². The predicted octanol–water partition coefficient (Wildman–Crippen LogP) is 0.318. The van der Waals surface area contributed by atoms with Gasteiger partial charge in [-0.2, -0.15) is 5.10 Å². The molecule has 3 rings (SSSR count). The van der Waals surface area contributed by atoms with Gasteiger partial charge in [-0.3, -0.25) is 14.4 Å². The van der Waals surface area contributed by atoms with Gasteiger partial charge in [0.2, 0.25) is 12.7 Å². The molecule has 0 unspecified atom stereocenters.